The van der Waals surface area contributed by atoms with Gasteiger partial charge >= 0.3 is 0 Å². The highest BCUT2D eigenvalue weighted by molar-refractivity contribution is 5.79. The molecule has 4 heteroatoms. The molecular weight excluding hydrogens is 262 g/mol. The van der Waals surface area contributed by atoms with E-state index >= 15 is 0 Å². The van der Waals surface area contributed by atoms with E-state index in [-0.39, 0.29) is 0 Å². The summed E-state index contributed by atoms with van der Waals surface area (Å²) in [7, 11) is 0. The van der Waals surface area contributed by atoms with Gasteiger partial charge in [-0.25, -0.2) is 0 Å². The van der Waals surface area contributed by atoms with Gasteiger partial charge in [0.05, 0.1) is 13.2 Å². The number of guanidine groups is 1. The molecule has 0 aromatic heterocycles. The van der Waals surface area contributed by atoms with Crippen molar-refractivity contribution in [3.8, 4) is 0 Å². The molecule has 1 aromatic carbocycles. The Labute approximate surface area is 129 Å². The molecule has 0 unspecified atom stereocenters. The van der Waals surface area contributed by atoms with Gasteiger partial charge in [0.25, 0.3) is 0 Å². The van der Waals surface area contributed by atoms with Crippen LogP contribution in [0.25, 0.3) is 0 Å². The topological polar surface area (TPSA) is 45.7 Å². The normalized spacial score (nSPS) is 11.5. The van der Waals surface area contributed by atoms with Gasteiger partial charge in [0.15, 0.2) is 5.96 Å². The summed E-state index contributed by atoms with van der Waals surface area (Å²) in [5, 5.41) is 6.62. The van der Waals surface area contributed by atoms with E-state index in [2.05, 4.69) is 54.6 Å². The van der Waals surface area contributed by atoms with Crippen molar-refractivity contribution in [1.82, 2.24) is 10.6 Å². The second-order valence-electron chi connectivity index (χ2n) is 5.13. The van der Waals surface area contributed by atoms with Crippen LogP contribution in [0.1, 0.15) is 30.5 Å². The number of benzene rings is 1. The number of aryl methyl sites for hydroxylation is 2. The first-order valence-electron chi connectivity index (χ1n) is 7.82. The van der Waals surface area contributed by atoms with E-state index in [1.165, 1.54) is 16.7 Å². The highest BCUT2D eigenvalue weighted by Crippen LogP contribution is 2.08. The molecule has 118 valence electrons. The average molecular weight is 291 g/mol. The summed E-state index contributed by atoms with van der Waals surface area (Å²) in [6, 6.07) is 6.69. The van der Waals surface area contributed by atoms with Crippen molar-refractivity contribution in [3.05, 3.63) is 34.9 Å². The molecule has 0 fully saturated rings. The van der Waals surface area contributed by atoms with Gasteiger partial charge in [-0.1, -0.05) is 29.3 Å². The summed E-state index contributed by atoms with van der Waals surface area (Å²) in [4.78, 5) is 4.49. The summed E-state index contributed by atoms with van der Waals surface area (Å²) in [6.07, 6.45) is 0.998. The van der Waals surface area contributed by atoms with Crippen molar-refractivity contribution in [2.24, 2.45) is 4.99 Å². The standard InChI is InChI=1S/C17H29N3O/c1-5-18-17(20-9-10-21-6-2)19-8-7-16-12-14(3)11-15(4)13-16/h11-13H,5-10H2,1-4H3,(H2,18,19,20). The van der Waals surface area contributed by atoms with Gasteiger partial charge in [-0.3, -0.25) is 4.99 Å². The summed E-state index contributed by atoms with van der Waals surface area (Å²) in [6.45, 7) is 12.2. The van der Waals surface area contributed by atoms with Gasteiger partial charge in [0.1, 0.15) is 0 Å². The van der Waals surface area contributed by atoms with Gasteiger partial charge in [0, 0.05) is 19.7 Å². The van der Waals surface area contributed by atoms with E-state index in [9.17, 15) is 0 Å². The molecule has 1 rings (SSSR count). The Morgan fingerprint density at radius 2 is 1.81 bits per heavy atom. The van der Waals surface area contributed by atoms with Crippen LogP contribution in [0.15, 0.2) is 23.2 Å². The Morgan fingerprint density at radius 3 is 2.43 bits per heavy atom. The Balaban J connectivity index is 2.41. The Morgan fingerprint density at radius 1 is 1.10 bits per heavy atom. The second kappa shape index (κ2) is 10.2. The van der Waals surface area contributed by atoms with E-state index in [0.29, 0.717) is 13.2 Å². The largest absolute Gasteiger partial charge is 0.380 e. The number of rotatable bonds is 8. The van der Waals surface area contributed by atoms with Gasteiger partial charge in [0.2, 0.25) is 0 Å². The minimum Gasteiger partial charge on any atom is -0.380 e. The maximum absolute atomic E-state index is 5.30. The van der Waals surface area contributed by atoms with Crippen molar-refractivity contribution in [1.29, 1.82) is 0 Å². The summed E-state index contributed by atoms with van der Waals surface area (Å²) in [5.41, 5.74) is 4.01. The fraction of sp³-hybridized carbons (Fsp3) is 0.588. The lowest BCUT2D eigenvalue weighted by molar-refractivity contribution is 0.155. The molecule has 4 nitrogen and oxygen atoms in total. The molecule has 0 saturated carbocycles. The quantitative estimate of drug-likeness (QED) is 0.439. The van der Waals surface area contributed by atoms with E-state index in [4.69, 9.17) is 4.74 Å². The van der Waals surface area contributed by atoms with Crippen LogP contribution >= 0.6 is 0 Å². The molecule has 0 atom stereocenters. The van der Waals surface area contributed by atoms with E-state index < -0.39 is 0 Å². The molecule has 0 spiro atoms. The van der Waals surface area contributed by atoms with Crippen LogP contribution in [0.5, 0.6) is 0 Å². The zero-order valence-corrected chi connectivity index (χ0v) is 13.8. The third-order valence-corrected chi connectivity index (χ3v) is 3.04. The third kappa shape index (κ3) is 7.71. The SMILES string of the molecule is CCNC(=NCCOCC)NCCc1cc(C)cc(C)c1. The molecular formula is C17H29N3O. The van der Waals surface area contributed by atoms with Crippen LogP contribution < -0.4 is 10.6 Å². The zero-order chi connectivity index (χ0) is 15.5. The first-order chi connectivity index (χ1) is 10.2. The predicted molar refractivity (Wildman–Crippen MR) is 90.1 cm³/mol. The van der Waals surface area contributed by atoms with Crippen molar-refractivity contribution in [3.63, 3.8) is 0 Å². The van der Waals surface area contributed by atoms with Gasteiger partial charge in [-0.05, 0) is 39.7 Å². The fourth-order valence-electron chi connectivity index (χ4n) is 2.25. The molecule has 0 saturated heterocycles. The van der Waals surface area contributed by atoms with Gasteiger partial charge in [-0.15, -0.1) is 0 Å². The van der Waals surface area contributed by atoms with Gasteiger partial charge in [-0.2, -0.15) is 0 Å². The van der Waals surface area contributed by atoms with Crippen LogP contribution in [-0.2, 0) is 11.2 Å². The van der Waals surface area contributed by atoms with Crippen LogP contribution in [0.2, 0.25) is 0 Å². The van der Waals surface area contributed by atoms with Crippen molar-refractivity contribution < 1.29 is 4.74 Å². The lowest BCUT2D eigenvalue weighted by Crippen LogP contribution is -2.38. The minimum atomic E-state index is 0.671. The van der Waals surface area contributed by atoms with Crippen LogP contribution in [0.4, 0.5) is 0 Å². The molecule has 1 aromatic rings. The first kappa shape index (κ1) is 17.5. The average Bonchev–Trinajstić information content (AvgIpc) is 2.42. The molecule has 0 bridgehead atoms. The first-order valence-corrected chi connectivity index (χ1v) is 7.82. The van der Waals surface area contributed by atoms with Crippen LogP contribution in [0.3, 0.4) is 0 Å². The maximum atomic E-state index is 5.30. The lowest BCUT2D eigenvalue weighted by Gasteiger charge is -2.12. The number of ether oxygens (including phenoxy) is 1. The smallest absolute Gasteiger partial charge is 0.191 e. The lowest BCUT2D eigenvalue weighted by atomic mass is 10.1. The van der Waals surface area contributed by atoms with Gasteiger partial charge < -0.3 is 15.4 Å². The highest BCUT2D eigenvalue weighted by Gasteiger charge is 1.99. The Hall–Kier alpha value is -1.55. The van der Waals surface area contributed by atoms with Crippen molar-refractivity contribution in [2.75, 3.05) is 32.8 Å². The molecule has 0 heterocycles. The highest BCUT2D eigenvalue weighted by atomic mass is 16.5. The summed E-state index contributed by atoms with van der Waals surface area (Å²) in [5.74, 6) is 0.863. The number of hydrogen-bond acceptors (Lipinski definition) is 2. The van der Waals surface area contributed by atoms with Crippen molar-refractivity contribution >= 4 is 5.96 Å². The molecule has 21 heavy (non-hydrogen) atoms. The zero-order valence-electron chi connectivity index (χ0n) is 13.8. The molecule has 0 amide bonds. The van der Waals surface area contributed by atoms with E-state index in [1.807, 2.05) is 6.92 Å². The number of nitrogens with one attached hydrogen (secondary N) is 2. The summed E-state index contributed by atoms with van der Waals surface area (Å²) >= 11 is 0. The fourth-order valence-corrected chi connectivity index (χ4v) is 2.25. The molecule has 0 radical (unpaired) electrons. The molecule has 0 aliphatic heterocycles. The molecule has 0 aliphatic rings. The third-order valence-electron chi connectivity index (χ3n) is 3.04. The Kier molecular flexibility index (Phi) is 8.51. The predicted octanol–water partition coefficient (Wildman–Crippen LogP) is 2.44. The number of nitrogens with zero attached hydrogens (tertiary/aromatic N) is 1. The molecule has 0 aliphatic carbocycles. The minimum absolute atomic E-state index is 0.671. The maximum Gasteiger partial charge on any atom is 0.191 e. The van der Waals surface area contributed by atoms with Crippen molar-refractivity contribution in [2.45, 2.75) is 34.1 Å². The molecule has 2 N–H and O–H groups in total. The monoisotopic (exact) mass is 291 g/mol. The van der Waals surface area contributed by atoms with Crippen LogP contribution in [0, 0.1) is 13.8 Å². The number of hydrogen-bond donors (Lipinski definition) is 2. The van der Waals surface area contributed by atoms with Crippen LogP contribution in [-0.4, -0.2) is 38.8 Å². The number of aliphatic imine (C=N–C) groups is 1. The van der Waals surface area contributed by atoms with E-state index in [0.717, 1.165) is 32.1 Å². The summed E-state index contributed by atoms with van der Waals surface area (Å²) < 4.78 is 5.30. The second-order valence-corrected chi connectivity index (χ2v) is 5.13. The van der Waals surface area contributed by atoms with E-state index in [1.54, 1.807) is 0 Å². The Bertz CT molecular complexity index is 423.